The van der Waals surface area contributed by atoms with Gasteiger partial charge in [-0.1, -0.05) is 36.4 Å². The van der Waals surface area contributed by atoms with Crippen LogP contribution in [-0.2, 0) is 20.9 Å². The van der Waals surface area contributed by atoms with Crippen LogP contribution in [0.25, 0.3) is 0 Å². The topological polar surface area (TPSA) is 156 Å². The number of carbonyl (C=O) groups is 4. The summed E-state index contributed by atoms with van der Waals surface area (Å²) >= 11 is 0. The molecule has 2 N–H and O–H groups in total. The molecule has 1 aliphatic heterocycles. The SMILES string of the molecule is C[C@H](NC(=O)c1c(C(=O)O)cccc1[N+](=O)[O-])C(=O)N1CCC[C@H]1C(=O)OCc1ccccc1. The standard InChI is InChI=1S/C23H23N3O8/c1-14(24-20(27)19-16(22(29)30)9-5-10-17(19)26(32)33)21(28)25-12-6-11-18(25)23(31)34-13-15-7-3-2-4-8-15/h2-5,7-10,14,18H,6,11-13H2,1H3,(H,24,27)(H,29,30)/t14-,18-/m0/s1. The number of hydrogen-bond acceptors (Lipinski definition) is 7. The first-order valence-electron chi connectivity index (χ1n) is 10.5. The van der Waals surface area contributed by atoms with E-state index < -0.39 is 57.6 Å². The predicted octanol–water partition coefficient (Wildman–Crippen LogP) is 2.15. The third-order valence-corrected chi connectivity index (χ3v) is 5.45. The zero-order valence-electron chi connectivity index (χ0n) is 18.3. The highest BCUT2D eigenvalue weighted by molar-refractivity contribution is 6.08. The van der Waals surface area contributed by atoms with Crippen LogP contribution in [0, 0.1) is 10.1 Å². The Morgan fingerprint density at radius 3 is 2.53 bits per heavy atom. The molecular formula is C23H23N3O8. The van der Waals surface area contributed by atoms with Gasteiger partial charge < -0.3 is 20.1 Å². The first kappa shape index (κ1) is 24.4. The minimum absolute atomic E-state index is 0.0557. The average molecular weight is 469 g/mol. The highest BCUT2D eigenvalue weighted by Gasteiger charge is 2.38. The van der Waals surface area contributed by atoms with E-state index in [-0.39, 0.29) is 13.2 Å². The van der Waals surface area contributed by atoms with Gasteiger partial charge in [0.1, 0.15) is 24.3 Å². The summed E-state index contributed by atoms with van der Waals surface area (Å²) in [6, 6.07) is 10.3. The minimum Gasteiger partial charge on any atom is -0.478 e. The number of ether oxygens (including phenoxy) is 1. The molecule has 1 fully saturated rings. The number of aromatic carboxylic acids is 1. The van der Waals surface area contributed by atoms with Crippen molar-refractivity contribution in [2.45, 2.75) is 38.5 Å². The van der Waals surface area contributed by atoms with Crippen molar-refractivity contribution in [3.05, 3.63) is 75.3 Å². The molecule has 11 heteroatoms. The van der Waals surface area contributed by atoms with Gasteiger partial charge in [0.25, 0.3) is 11.6 Å². The zero-order valence-corrected chi connectivity index (χ0v) is 18.3. The maximum absolute atomic E-state index is 13.0. The number of rotatable bonds is 8. The number of carboxylic acid groups (broad SMARTS) is 1. The lowest BCUT2D eigenvalue weighted by Crippen LogP contribution is -2.50. The van der Waals surface area contributed by atoms with Crippen molar-refractivity contribution in [3.63, 3.8) is 0 Å². The quantitative estimate of drug-likeness (QED) is 0.338. The molecule has 2 amide bonds. The lowest BCUT2D eigenvalue weighted by molar-refractivity contribution is -0.385. The summed E-state index contributed by atoms with van der Waals surface area (Å²) < 4.78 is 5.35. The van der Waals surface area contributed by atoms with Crippen LogP contribution in [0.2, 0.25) is 0 Å². The Kier molecular flexibility index (Phi) is 7.57. The van der Waals surface area contributed by atoms with Gasteiger partial charge in [-0.05, 0) is 31.4 Å². The van der Waals surface area contributed by atoms with Gasteiger partial charge in [0.2, 0.25) is 5.91 Å². The van der Waals surface area contributed by atoms with Crippen LogP contribution in [0.5, 0.6) is 0 Å². The maximum Gasteiger partial charge on any atom is 0.336 e. The van der Waals surface area contributed by atoms with Gasteiger partial charge in [-0.25, -0.2) is 9.59 Å². The molecule has 0 unspecified atom stereocenters. The molecule has 1 saturated heterocycles. The summed E-state index contributed by atoms with van der Waals surface area (Å²) in [5.74, 6) is -3.75. The molecule has 3 rings (SSSR count). The third-order valence-electron chi connectivity index (χ3n) is 5.45. The van der Waals surface area contributed by atoms with Crippen LogP contribution in [-0.4, -0.2) is 57.3 Å². The molecule has 2 aromatic carbocycles. The summed E-state index contributed by atoms with van der Waals surface area (Å²) in [6.07, 6.45) is 0.957. The molecule has 0 aliphatic carbocycles. The number of hydrogen-bond donors (Lipinski definition) is 2. The molecule has 34 heavy (non-hydrogen) atoms. The number of carbonyl (C=O) groups excluding carboxylic acids is 3. The highest BCUT2D eigenvalue weighted by Crippen LogP contribution is 2.24. The predicted molar refractivity (Wildman–Crippen MR) is 118 cm³/mol. The number of nitrogens with one attached hydrogen (secondary N) is 1. The van der Waals surface area contributed by atoms with E-state index in [1.54, 1.807) is 12.1 Å². The third kappa shape index (κ3) is 5.37. The van der Waals surface area contributed by atoms with E-state index in [0.717, 1.165) is 23.8 Å². The van der Waals surface area contributed by atoms with Gasteiger partial charge in [-0.3, -0.25) is 19.7 Å². The summed E-state index contributed by atoms with van der Waals surface area (Å²) in [5, 5.41) is 23.0. The van der Waals surface area contributed by atoms with Crippen LogP contribution in [0.1, 0.15) is 46.0 Å². The largest absolute Gasteiger partial charge is 0.478 e. The number of likely N-dealkylation sites (tertiary alicyclic amines) is 1. The first-order valence-corrected chi connectivity index (χ1v) is 10.5. The van der Waals surface area contributed by atoms with E-state index in [0.29, 0.717) is 12.8 Å². The zero-order chi connectivity index (χ0) is 24.8. The van der Waals surface area contributed by atoms with Crippen molar-refractivity contribution >= 4 is 29.4 Å². The van der Waals surface area contributed by atoms with Gasteiger partial charge in [-0.2, -0.15) is 0 Å². The number of benzene rings is 2. The van der Waals surface area contributed by atoms with Gasteiger partial charge in [0, 0.05) is 12.6 Å². The summed E-state index contributed by atoms with van der Waals surface area (Å²) in [6.45, 7) is 1.69. The number of amides is 2. The minimum atomic E-state index is -1.52. The highest BCUT2D eigenvalue weighted by atomic mass is 16.6. The second-order valence-electron chi connectivity index (χ2n) is 7.74. The summed E-state index contributed by atoms with van der Waals surface area (Å²) in [5.41, 5.74) is -1.11. The van der Waals surface area contributed by atoms with Crippen LogP contribution in [0.3, 0.4) is 0 Å². The Morgan fingerprint density at radius 2 is 1.88 bits per heavy atom. The Hall–Kier alpha value is -4.28. The average Bonchev–Trinajstić information content (AvgIpc) is 3.32. The molecule has 11 nitrogen and oxygen atoms in total. The molecule has 2 aromatic rings. The first-order chi connectivity index (χ1) is 16.2. The molecule has 0 bridgehead atoms. The van der Waals surface area contributed by atoms with Gasteiger partial charge >= 0.3 is 11.9 Å². The molecular weight excluding hydrogens is 446 g/mol. The Balaban J connectivity index is 1.70. The second-order valence-corrected chi connectivity index (χ2v) is 7.74. The number of esters is 1. The fourth-order valence-corrected chi connectivity index (χ4v) is 3.79. The number of nitro benzene ring substituents is 1. The van der Waals surface area contributed by atoms with E-state index in [4.69, 9.17) is 4.74 Å². The number of nitrogens with zero attached hydrogens (tertiary/aromatic N) is 2. The fraction of sp³-hybridized carbons (Fsp3) is 0.304. The smallest absolute Gasteiger partial charge is 0.336 e. The molecule has 0 saturated carbocycles. The van der Waals surface area contributed by atoms with Crippen LogP contribution in [0.15, 0.2) is 48.5 Å². The number of nitro groups is 1. The maximum atomic E-state index is 13.0. The second kappa shape index (κ2) is 10.6. The van der Waals surface area contributed by atoms with E-state index in [9.17, 15) is 34.4 Å². The Bertz CT molecular complexity index is 1090. The lowest BCUT2D eigenvalue weighted by Gasteiger charge is -2.26. The van der Waals surface area contributed by atoms with Gasteiger partial charge in [0.15, 0.2) is 0 Å². The molecule has 1 heterocycles. The molecule has 0 spiro atoms. The van der Waals surface area contributed by atoms with Gasteiger partial charge in [0.05, 0.1) is 10.5 Å². The van der Waals surface area contributed by atoms with Crippen LogP contribution in [0.4, 0.5) is 5.69 Å². The fourth-order valence-electron chi connectivity index (χ4n) is 3.79. The van der Waals surface area contributed by atoms with E-state index in [1.165, 1.54) is 11.8 Å². The molecule has 0 radical (unpaired) electrons. The summed E-state index contributed by atoms with van der Waals surface area (Å²) in [4.78, 5) is 61.6. The van der Waals surface area contributed by atoms with Crippen LogP contribution < -0.4 is 5.32 Å². The molecule has 0 aromatic heterocycles. The molecule has 1 aliphatic rings. The molecule has 178 valence electrons. The number of carboxylic acids is 1. The van der Waals surface area contributed by atoms with Crippen molar-refractivity contribution in [2.75, 3.05) is 6.54 Å². The summed E-state index contributed by atoms with van der Waals surface area (Å²) in [7, 11) is 0. The van der Waals surface area contributed by atoms with E-state index >= 15 is 0 Å². The van der Waals surface area contributed by atoms with Crippen LogP contribution >= 0.6 is 0 Å². The normalized spacial score (nSPS) is 15.9. The van der Waals surface area contributed by atoms with E-state index in [1.807, 2.05) is 18.2 Å². The van der Waals surface area contributed by atoms with Crippen molar-refractivity contribution in [2.24, 2.45) is 0 Å². The molecule has 2 atom stereocenters. The lowest BCUT2D eigenvalue weighted by atomic mass is 10.0. The van der Waals surface area contributed by atoms with Crippen molar-refractivity contribution in [1.82, 2.24) is 10.2 Å². The monoisotopic (exact) mass is 469 g/mol. The van der Waals surface area contributed by atoms with Crippen molar-refractivity contribution < 1.29 is 33.9 Å². The van der Waals surface area contributed by atoms with Crippen molar-refractivity contribution in [3.8, 4) is 0 Å². The Morgan fingerprint density at radius 1 is 1.18 bits per heavy atom. The van der Waals surface area contributed by atoms with Crippen molar-refractivity contribution in [1.29, 1.82) is 0 Å². The van der Waals surface area contributed by atoms with E-state index in [2.05, 4.69) is 5.32 Å². The van der Waals surface area contributed by atoms with Gasteiger partial charge in [-0.15, -0.1) is 0 Å². The Labute approximate surface area is 194 Å².